The van der Waals surface area contributed by atoms with Crippen LogP contribution in [0.15, 0.2) is 51.7 Å². The van der Waals surface area contributed by atoms with Crippen LogP contribution in [0.4, 0.5) is 0 Å². The topological polar surface area (TPSA) is 52.0 Å². The monoisotopic (exact) mass is 344 g/mol. The van der Waals surface area contributed by atoms with E-state index in [-0.39, 0.29) is 11.3 Å². The number of aromatic nitrogens is 2. The normalized spacial score (nSPS) is 11.0. The van der Waals surface area contributed by atoms with Crippen LogP contribution in [0.2, 0.25) is 0 Å². The average molecular weight is 344 g/mol. The van der Waals surface area contributed by atoms with E-state index in [1.807, 2.05) is 41.8 Å². The van der Waals surface area contributed by atoms with Gasteiger partial charge in [-0.2, -0.15) is 0 Å². The van der Waals surface area contributed by atoms with Crippen LogP contribution in [0.5, 0.6) is 0 Å². The Morgan fingerprint density at radius 1 is 1.26 bits per heavy atom. The number of carbonyl (C=O) groups is 1. The lowest BCUT2D eigenvalue weighted by Gasteiger charge is -2.06. The molecule has 3 aromatic rings. The van der Waals surface area contributed by atoms with E-state index in [1.165, 1.54) is 23.1 Å². The van der Waals surface area contributed by atoms with E-state index in [0.717, 1.165) is 23.3 Å². The first-order valence-electron chi connectivity index (χ1n) is 7.32. The molecular weight excluding hydrogens is 328 g/mol. The van der Waals surface area contributed by atoms with Gasteiger partial charge in [-0.15, -0.1) is 11.3 Å². The third-order valence-electron chi connectivity index (χ3n) is 3.52. The standard InChI is InChI=1S/C17H16N2O2S2/c1-19-16(21)15-13(9-11-22-15)18-17(19)23-10-5-8-14(20)12-6-3-2-4-7-12/h2-4,6-7,9,11H,5,8,10H2,1H3. The average Bonchev–Trinajstić information content (AvgIpc) is 3.05. The van der Waals surface area contributed by atoms with Crippen molar-refractivity contribution in [2.75, 3.05) is 5.75 Å². The summed E-state index contributed by atoms with van der Waals surface area (Å²) in [6.07, 6.45) is 1.27. The highest BCUT2D eigenvalue weighted by Crippen LogP contribution is 2.21. The first-order chi connectivity index (χ1) is 11.2. The van der Waals surface area contributed by atoms with E-state index >= 15 is 0 Å². The van der Waals surface area contributed by atoms with Crippen LogP contribution in [-0.2, 0) is 7.05 Å². The number of fused-ring (bicyclic) bond motifs is 1. The smallest absolute Gasteiger partial charge is 0.271 e. The number of carbonyl (C=O) groups excluding carboxylic acids is 1. The lowest BCUT2D eigenvalue weighted by molar-refractivity contribution is 0.0982. The molecule has 1 aromatic carbocycles. The Kier molecular flexibility index (Phi) is 4.93. The molecule has 2 aromatic heterocycles. The minimum atomic E-state index is -0.00661. The van der Waals surface area contributed by atoms with E-state index in [1.54, 1.807) is 11.6 Å². The molecule has 0 fully saturated rings. The van der Waals surface area contributed by atoms with Crippen LogP contribution in [0.25, 0.3) is 10.2 Å². The van der Waals surface area contributed by atoms with E-state index in [0.29, 0.717) is 16.3 Å². The predicted molar refractivity (Wildman–Crippen MR) is 95.6 cm³/mol. The number of benzene rings is 1. The summed E-state index contributed by atoms with van der Waals surface area (Å²) in [6.45, 7) is 0. The molecule has 0 spiro atoms. The van der Waals surface area contributed by atoms with Gasteiger partial charge in [0.15, 0.2) is 10.9 Å². The Labute approximate surface area is 142 Å². The zero-order chi connectivity index (χ0) is 16.2. The Bertz CT molecular complexity index is 884. The molecule has 4 nitrogen and oxygen atoms in total. The molecule has 0 radical (unpaired) electrons. The number of ketones is 1. The van der Waals surface area contributed by atoms with Gasteiger partial charge in [0.1, 0.15) is 4.70 Å². The van der Waals surface area contributed by atoms with Crippen molar-refractivity contribution in [2.24, 2.45) is 7.05 Å². The van der Waals surface area contributed by atoms with Gasteiger partial charge in [0.05, 0.1) is 5.52 Å². The van der Waals surface area contributed by atoms with Crippen molar-refractivity contribution in [3.05, 3.63) is 57.7 Å². The van der Waals surface area contributed by atoms with Crippen LogP contribution in [-0.4, -0.2) is 21.1 Å². The van der Waals surface area contributed by atoms with Crippen molar-refractivity contribution in [1.82, 2.24) is 9.55 Å². The minimum absolute atomic E-state index is 0.00661. The molecule has 0 aliphatic carbocycles. The molecular formula is C17H16N2O2S2. The van der Waals surface area contributed by atoms with Crippen molar-refractivity contribution in [3.63, 3.8) is 0 Å². The number of hydrogen-bond donors (Lipinski definition) is 0. The Morgan fingerprint density at radius 3 is 2.83 bits per heavy atom. The molecule has 118 valence electrons. The Morgan fingerprint density at radius 2 is 2.04 bits per heavy atom. The maximum Gasteiger partial charge on any atom is 0.271 e. The number of hydrogen-bond acceptors (Lipinski definition) is 5. The van der Waals surface area contributed by atoms with Gasteiger partial charge in [0.25, 0.3) is 5.56 Å². The quantitative estimate of drug-likeness (QED) is 0.296. The fourth-order valence-electron chi connectivity index (χ4n) is 2.26. The van der Waals surface area contributed by atoms with Crippen molar-refractivity contribution in [3.8, 4) is 0 Å². The fourth-order valence-corrected chi connectivity index (χ4v) is 3.98. The summed E-state index contributed by atoms with van der Waals surface area (Å²) in [5.74, 6) is 0.912. The SMILES string of the molecule is Cn1c(SCCCC(=O)c2ccccc2)nc2ccsc2c1=O. The van der Waals surface area contributed by atoms with Gasteiger partial charge < -0.3 is 0 Å². The minimum Gasteiger partial charge on any atom is -0.294 e. The Balaban J connectivity index is 1.60. The van der Waals surface area contributed by atoms with Crippen LogP contribution >= 0.6 is 23.1 Å². The summed E-state index contributed by atoms with van der Waals surface area (Å²) in [5.41, 5.74) is 1.50. The van der Waals surface area contributed by atoms with Crippen LogP contribution in [0, 0.1) is 0 Å². The second-order valence-corrected chi connectivity index (χ2v) is 7.11. The largest absolute Gasteiger partial charge is 0.294 e. The van der Waals surface area contributed by atoms with Gasteiger partial charge in [0.2, 0.25) is 0 Å². The molecule has 23 heavy (non-hydrogen) atoms. The molecule has 0 unspecified atom stereocenters. The maximum atomic E-state index is 12.2. The van der Waals surface area contributed by atoms with Gasteiger partial charge >= 0.3 is 0 Å². The van der Waals surface area contributed by atoms with Crippen molar-refractivity contribution in [1.29, 1.82) is 0 Å². The summed E-state index contributed by atoms with van der Waals surface area (Å²) in [6, 6.07) is 11.2. The number of Topliss-reactive ketones (excluding diaryl/α,β-unsaturated/α-hetero) is 1. The molecule has 3 rings (SSSR count). The van der Waals surface area contributed by atoms with Crippen LogP contribution < -0.4 is 5.56 Å². The van der Waals surface area contributed by atoms with Crippen LogP contribution in [0.1, 0.15) is 23.2 Å². The van der Waals surface area contributed by atoms with E-state index in [9.17, 15) is 9.59 Å². The number of rotatable bonds is 6. The van der Waals surface area contributed by atoms with Gasteiger partial charge in [-0.05, 0) is 17.9 Å². The zero-order valence-electron chi connectivity index (χ0n) is 12.7. The third kappa shape index (κ3) is 3.54. The number of nitrogens with zero attached hydrogens (tertiary/aromatic N) is 2. The first kappa shape index (κ1) is 16.0. The lowest BCUT2D eigenvalue weighted by Crippen LogP contribution is -2.19. The van der Waals surface area contributed by atoms with E-state index in [2.05, 4.69) is 4.98 Å². The zero-order valence-corrected chi connectivity index (χ0v) is 14.3. The number of thiophene rings is 1. The molecule has 0 saturated carbocycles. The highest BCUT2D eigenvalue weighted by atomic mass is 32.2. The maximum absolute atomic E-state index is 12.2. The van der Waals surface area contributed by atoms with E-state index < -0.39 is 0 Å². The predicted octanol–water partition coefficient (Wildman–Crippen LogP) is 3.75. The van der Waals surface area contributed by atoms with Gasteiger partial charge in [-0.25, -0.2) is 4.98 Å². The second-order valence-electron chi connectivity index (χ2n) is 5.13. The molecule has 0 saturated heterocycles. The van der Waals surface area contributed by atoms with Crippen molar-refractivity contribution < 1.29 is 4.79 Å². The molecule has 0 amide bonds. The van der Waals surface area contributed by atoms with Gasteiger partial charge in [-0.1, -0.05) is 42.1 Å². The van der Waals surface area contributed by atoms with Crippen LogP contribution in [0.3, 0.4) is 0 Å². The highest BCUT2D eigenvalue weighted by Gasteiger charge is 2.10. The van der Waals surface area contributed by atoms with Crippen molar-refractivity contribution >= 4 is 39.1 Å². The van der Waals surface area contributed by atoms with Gasteiger partial charge in [0, 0.05) is 24.8 Å². The van der Waals surface area contributed by atoms with E-state index in [4.69, 9.17) is 0 Å². The highest BCUT2D eigenvalue weighted by molar-refractivity contribution is 7.99. The lowest BCUT2D eigenvalue weighted by atomic mass is 10.1. The third-order valence-corrected chi connectivity index (χ3v) is 5.53. The molecule has 2 heterocycles. The summed E-state index contributed by atoms with van der Waals surface area (Å²) in [7, 11) is 1.74. The Hall–Kier alpha value is -1.92. The summed E-state index contributed by atoms with van der Waals surface area (Å²) in [5, 5.41) is 2.58. The molecule has 0 atom stereocenters. The number of thioether (sulfide) groups is 1. The first-order valence-corrected chi connectivity index (χ1v) is 9.18. The van der Waals surface area contributed by atoms with Crippen molar-refractivity contribution in [2.45, 2.75) is 18.0 Å². The summed E-state index contributed by atoms with van der Waals surface area (Å²) >= 11 is 2.94. The van der Waals surface area contributed by atoms with Gasteiger partial charge in [-0.3, -0.25) is 14.2 Å². The fraction of sp³-hybridized carbons (Fsp3) is 0.235. The summed E-state index contributed by atoms with van der Waals surface area (Å²) < 4.78 is 2.28. The second kappa shape index (κ2) is 7.10. The summed E-state index contributed by atoms with van der Waals surface area (Å²) in [4.78, 5) is 28.8. The molecule has 0 bridgehead atoms. The molecule has 6 heteroatoms. The molecule has 0 aliphatic heterocycles. The molecule has 0 aliphatic rings. The molecule has 0 N–H and O–H groups in total.